The lowest BCUT2D eigenvalue weighted by Gasteiger charge is -2.07. The number of benzene rings is 1. The van der Waals surface area contributed by atoms with E-state index in [0.717, 1.165) is 21.6 Å². The lowest BCUT2D eigenvalue weighted by molar-refractivity contribution is 0.412. The van der Waals surface area contributed by atoms with Gasteiger partial charge in [-0.05, 0) is 47.2 Å². The van der Waals surface area contributed by atoms with Crippen LogP contribution in [0, 0.1) is 11.7 Å². The zero-order valence-corrected chi connectivity index (χ0v) is 11.4. The first-order valence-electron chi connectivity index (χ1n) is 4.74. The number of hydrogen-bond donors (Lipinski definition) is 1. The van der Waals surface area contributed by atoms with Gasteiger partial charge in [-0.1, -0.05) is 0 Å². The molecule has 16 heavy (non-hydrogen) atoms. The number of aromatic amines is 1. The van der Waals surface area contributed by atoms with Crippen LogP contribution in [0.15, 0.2) is 28.9 Å². The summed E-state index contributed by atoms with van der Waals surface area (Å²) in [7, 11) is 1.64. The van der Waals surface area contributed by atoms with E-state index in [1.807, 2.05) is 35.9 Å². The molecule has 0 unspecified atom stereocenters. The summed E-state index contributed by atoms with van der Waals surface area (Å²) < 4.78 is 8.78. The van der Waals surface area contributed by atoms with E-state index in [1.165, 1.54) is 0 Å². The number of rotatable bonds is 2. The standard InChI is InChI=1S/C11H11BrN2OS/c1-7-6-14(11(16)13-7)8-3-4-9(12)10(5-8)15-2/h3-6H,1-2H3,(H,13,16). The first-order valence-corrected chi connectivity index (χ1v) is 5.94. The van der Waals surface area contributed by atoms with Gasteiger partial charge in [0, 0.05) is 18.0 Å². The summed E-state index contributed by atoms with van der Waals surface area (Å²) in [5.41, 5.74) is 2.02. The van der Waals surface area contributed by atoms with E-state index < -0.39 is 0 Å². The fraction of sp³-hybridized carbons (Fsp3) is 0.182. The molecule has 0 aliphatic carbocycles. The van der Waals surface area contributed by atoms with Crippen molar-refractivity contribution in [1.82, 2.24) is 9.55 Å². The Morgan fingerprint density at radius 1 is 1.44 bits per heavy atom. The average Bonchev–Trinajstić information content (AvgIpc) is 2.59. The Morgan fingerprint density at radius 2 is 2.19 bits per heavy atom. The molecule has 0 spiro atoms. The number of H-pyrrole nitrogens is 1. The molecule has 2 rings (SSSR count). The van der Waals surface area contributed by atoms with Gasteiger partial charge in [0.15, 0.2) is 4.77 Å². The number of nitrogens with one attached hydrogen (secondary N) is 1. The molecule has 0 saturated heterocycles. The maximum absolute atomic E-state index is 5.25. The normalized spacial score (nSPS) is 10.4. The van der Waals surface area contributed by atoms with Crippen molar-refractivity contribution < 1.29 is 4.74 Å². The topological polar surface area (TPSA) is 29.9 Å². The molecule has 5 heteroatoms. The van der Waals surface area contributed by atoms with Crippen molar-refractivity contribution in [2.24, 2.45) is 0 Å². The highest BCUT2D eigenvalue weighted by Crippen LogP contribution is 2.27. The Morgan fingerprint density at radius 3 is 2.75 bits per heavy atom. The molecule has 1 aromatic carbocycles. The van der Waals surface area contributed by atoms with Crippen LogP contribution >= 0.6 is 28.1 Å². The smallest absolute Gasteiger partial charge is 0.181 e. The third-order valence-corrected chi connectivity index (χ3v) is 3.21. The fourth-order valence-corrected chi connectivity index (χ4v) is 2.23. The van der Waals surface area contributed by atoms with Crippen molar-refractivity contribution in [2.45, 2.75) is 6.92 Å². The number of imidazole rings is 1. The number of aryl methyl sites for hydroxylation is 1. The molecule has 0 bridgehead atoms. The predicted molar refractivity (Wildman–Crippen MR) is 69.9 cm³/mol. The molecule has 1 heterocycles. The van der Waals surface area contributed by atoms with Crippen molar-refractivity contribution in [1.29, 1.82) is 0 Å². The van der Waals surface area contributed by atoms with Gasteiger partial charge in [0.05, 0.1) is 17.3 Å². The average molecular weight is 299 g/mol. The minimum Gasteiger partial charge on any atom is -0.495 e. The molecule has 0 aliphatic heterocycles. The SMILES string of the molecule is COc1cc(-n2cc(C)[nH]c2=S)ccc1Br. The van der Waals surface area contributed by atoms with Gasteiger partial charge in [0.1, 0.15) is 5.75 Å². The Balaban J connectivity index is 2.56. The van der Waals surface area contributed by atoms with E-state index in [-0.39, 0.29) is 0 Å². The van der Waals surface area contributed by atoms with Crippen LogP contribution in [0.4, 0.5) is 0 Å². The molecule has 0 aliphatic rings. The molecule has 3 nitrogen and oxygen atoms in total. The van der Waals surface area contributed by atoms with Crippen LogP contribution in [-0.2, 0) is 0 Å². The van der Waals surface area contributed by atoms with Crippen LogP contribution in [-0.4, -0.2) is 16.7 Å². The van der Waals surface area contributed by atoms with Gasteiger partial charge in [0.25, 0.3) is 0 Å². The van der Waals surface area contributed by atoms with E-state index in [0.29, 0.717) is 4.77 Å². The predicted octanol–water partition coefficient (Wildman–Crippen LogP) is 3.61. The number of ether oxygens (including phenoxy) is 1. The third-order valence-electron chi connectivity index (χ3n) is 2.26. The molecule has 0 fully saturated rings. The van der Waals surface area contributed by atoms with Gasteiger partial charge >= 0.3 is 0 Å². The van der Waals surface area contributed by atoms with Crippen LogP contribution in [0.1, 0.15) is 5.69 Å². The van der Waals surface area contributed by atoms with Gasteiger partial charge in [-0.25, -0.2) is 0 Å². The largest absolute Gasteiger partial charge is 0.495 e. The molecule has 0 radical (unpaired) electrons. The molecule has 0 atom stereocenters. The molecule has 1 N–H and O–H groups in total. The monoisotopic (exact) mass is 298 g/mol. The maximum atomic E-state index is 5.25. The summed E-state index contributed by atoms with van der Waals surface area (Å²) in [6.45, 7) is 1.97. The highest BCUT2D eigenvalue weighted by atomic mass is 79.9. The maximum Gasteiger partial charge on any atom is 0.181 e. The van der Waals surface area contributed by atoms with Gasteiger partial charge in [0.2, 0.25) is 0 Å². The van der Waals surface area contributed by atoms with Gasteiger partial charge in [-0.3, -0.25) is 4.57 Å². The number of methoxy groups -OCH3 is 1. The first kappa shape index (κ1) is 11.4. The second-order valence-corrected chi connectivity index (χ2v) is 4.67. The van der Waals surface area contributed by atoms with Crippen molar-refractivity contribution in [3.8, 4) is 11.4 Å². The Hall–Kier alpha value is -1.07. The highest BCUT2D eigenvalue weighted by Gasteiger charge is 2.04. The molecule has 0 saturated carbocycles. The number of halogens is 1. The van der Waals surface area contributed by atoms with E-state index in [1.54, 1.807) is 7.11 Å². The van der Waals surface area contributed by atoms with E-state index in [9.17, 15) is 0 Å². The second-order valence-electron chi connectivity index (χ2n) is 3.43. The summed E-state index contributed by atoms with van der Waals surface area (Å²) in [4.78, 5) is 3.08. The summed E-state index contributed by atoms with van der Waals surface area (Å²) in [5.74, 6) is 0.790. The summed E-state index contributed by atoms with van der Waals surface area (Å²) in [5, 5.41) is 0. The third kappa shape index (κ3) is 2.05. The summed E-state index contributed by atoms with van der Waals surface area (Å²) in [6.07, 6.45) is 1.96. The number of aromatic nitrogens is 2. The van der Waals surface area contributed by atoms with Crippen LogP contribution in [0.5, 0.6) is 5.75 Å². The number of nitrogens with zero attached hydrogens (tertiary/aromatic N) is 1. The van der Waals surface area contributed by atoms with Gasteiger partial charge < -0.3 is 9.72 Å². The van der Waals surface area contributed by atoms with E-state index >= 15 is 0 Å². The zero-order chi connectivity index (χ0) is 11.7. The number of hydrogen-bond acceptors (Lipinski definition) is 2. The van der Waals surface area contributed by atoms with Crippen molar-refractivity contribution in [2.75, 3.05) is 7.11 Å². The minimum atomic E-state index is 0.682. The molecule has 84 valence electrons. The minimum absolute atomic E-state index is 0.682. The van der Waals surface area contributed by atoms with Crippen molar-refractivity contribution in [3.63, 3.8) is 0 Å². The summed E-state index contributed by atoms with van der Waals surface area (Å²) in [6, 6.07) is 5.86. The molecule has 1 aromatic heterocycles. The highest BCUT2D eigenvalue weighted by molar-refractivity contribution is 9.10. The lowest BCUT2D eigenvalue weighted by atomic mass is 10.3. The van der Waals surface area contributed by atoms with Crippen LogP contribution in [0.2, 0.25) is 0 Å². The van der Waals surface area contributed by atoms with Crippen LogP contribution < -0.4 is 4.74 Å². The molecule has 0 amide bonds. The van der Waals surface area contributed by atoms with E-state index in [2.05, 4.69) is 20.9 Å². The van der Waals surface area contributed by atoms with Crippen molar-refractivity contribution in [3.05, 3.63) is 39.3 Å². The van der Waals surface area contributed by atoms with Crippen molar-refractivity contribution >= 4 is 28.1 Å². The Bertz CT molecular complexity index is 574. The van der Waals surface area contributed by atoms with Crippen LogP contribution in [0.25, 0.3) is 5.69 Å². The fourth-order valence-electron chi connectivity index (χ4n) is 1.50. The first-order chi connectivity index (χ1) is 7.61. The lowest BCUT2D eigenvalue weighted by Crippen LogP contribution is -1.93. The van der Waals surface area contributed by atoms with Gasteiger partial charge in [-0.15, -0.1) is 0 Å². The zero-order valence-electron chi connectivity index (χ0n) is 8.95. The van der Waals surface area contributed by atoms with E-state index in [4.69, 9.17) is 17.0 Å². The Kier molecular flexibility index (Phi) is 3.16. The molecular formula is C11H11BrN2OS. The molecular weight excluding hydrogens is 288 g/mol. The summed E-state index contributed by atoms with van der Waals surface area (Å²) >= 11 is 8.64. The Labute approximate surface area is 107 Å². The quantitative estimate of drug-likeness (QED) is 0.858. The second kappa shape index (κ2) is 4.43. The van der Waals surface area contributed by atoms with Crippen LogP contribution in [0.3, 0.4) is 0 Å². The molecule has 2 aromatic rings. The van der Waals surface area contributed by atoms with Gasteiger partial charge in [-0.2, -0.15) is 0 Å².